The molecule has 92 valence electrons. The molecule has 0 saturated heterocycles. The summed E-state index contributed by atoms with van der Waals surface area (Å²) in [6, 6.07) is 13.5. The minimum absolute atomic E-state index is 0.400. The normalized spacial score (nSPS) is 10.1. The molecule has 0 aliphatic carbocycles. The average molecular weight is 241 g/mol. The number of ether oxygens (including phenoxy) is 1. The van der Waals surface area contributed by atoms with Crippen LogP contribution in [0.15, 0.2) is 42.5 Å². The molecule has 2 aromatic rings. The second-order valence-corrected chi connectivity index (χ2v) is 4.16. The highest BCUT2D eigenvalue weighted by Gasteiger charge is 2.11. The smallest absolute Gasteiger partial charge is 0.339 e. The monoisotopic (exact) mass is 241 g/mol. The lowest BCUT2D eigenvalue weighted by molar-refractivity contribution is 0.0602. The van der Waals surface area contributed by atoms with Crippen LogP contribution in [-0.4, -0.2) is 13.1 Å². The minimum atomic E-state index is -0.415. The van der Waals surface area contributed by atoms with E-state index in [-0.39, 0.29) is 0 Å². The van der Waals surface area contributed by atoms with Gasteiger partial charge in [0.15, 0.2) is 0 Å². The molecule has 2 rings (SSSR count). The van der Waals surface area contributed by atoms with Crippen LogP contribution < -0.4 is 5.73 Å². The van der Waals surface area contributed by atoms with Crippen LogP contribution in [0.1, 0.15) is 15.9 Å². The van der Waals surface area contributed by atoms with Gasteiger partial charge in [0.05, 0.1) is 12.7 Å². The second-order valence-electron chi connectivity index (χ2n) is 4.16. The SMILES string of the molecule is COC(=O)c1cc(-c2cccc(C)c2)ccc1N. The molecule has 0 bridgehead atoms. The number of carbonyl (C=O) groups excluding carboxylic acids is 1. The van der Waals surface area contributed by atoms with Crippen molar-refractivity contribution >= 4 is 11.7 Å². The molecule has 0 heterocycles. The fourth-order valence-corrected chi connectivity index (χ4v) is 1.85. The molecule has 0 atom stereocenters. The first-order valence-corrected chi connectivity index (χ1v) is 5.66. The predicted molar refractivity (Wildman–Crippen MR) is 72.4 cm³/mol. The van der Waals surface area contributed by atoms with Crippen LogP contribution in [-0.2, 0) is 4.74 Å². The van der Waals surface area contributed by atoms with Crippen molar-refractivity contribution in [3.63, 3.8) is 0 Å². The largest absolute Gasteiger partial charge is 0.465 e. The van der Waals surface area contributed by atoms with Crippen molar-refractivity contribution in [2.24, 2.45) is 0 Å². The Hall–Kier alpha value is -2.29. The molecule has 0 amide bonds. The molecular weight excluding hydrogens is 226 g/mol. The number of hydrogen-bond donors (Lipinski definition) is 1. The Kier molecular flexibility index (Phi) is 3.33. The maximum absolute atomic E-state index is 11.6. The second kappa shape index (κ2) is 4.92. The van der Waals surface area contributed by atoms with E-state index in [2.05, 4.69) is 6.07 Å². The fraction of sp³-hybridized carbons (Fsp3) is 0.133. The van der Waals surface area contributed by atoms with Crippen molar-refractivity contribution in [2.75, 3.05) is 12.8 Å². The van der Waals surface area contributed by atoms with Gasteiger partial charge in [-0.15, -0.1) is 0 Å². The van der Waals surface area contributed by atoms with E-state index >= 15 is 0 Å². The average Bonchev–Trinajstić information content (AvgIpc) is 2.38. The van der Waals surface area contributed by atoms with Gasteiger partial charge in [-0.1, -0.05) is 35.9 Å². The first kappa shape index (κ1) is 12.2. The molecule has 0 aromatic heterocycles. The third-order valence-corrected chi connectivity index (χ3v) is 2.81. The number of methoxy groups -OCH3 is 1. The molecule has 0 fully saturated rings. The zero-order valence-electron chi connectivity index (χ0n) is 10.4. The molecule has 0 radical (unpaired) electrons. The summed E-state index contributed by atoms with van der Waals surface area (Å²) in [5, 5.41) is 0. The van der Waals surface area contributed by atoms with E-state index < -0.39 is 5.97 Å². The highest BCUT2D eigenvalue weighted by atomic mass is 16.5. The van der Waals surface area contributed by atoms with Gasteiger partial charge in [-0.3, -0.25) is 0 Å². The first-order chi connectivity index (χ1) is 8.61. The Labute approximate surface area is 106 Å². The van der Waals surface area contributed by atoms with Gasteiger partial charge >= 0.3 is 5.97 Å². The van der Waals surface area contributed by atoms with Crippen LogP contribution in [0.5, 0.6) is 0 Å². The van der Waals surface area contributed by atoms with Crippen molar-refractivity contribution in [3.05, 3.63) is 53.6 Å². The summed E-state index contributed by atoms with van der Waals surface area (Å²) in [4.78, 5) is 11.6. The minimum Gasteiger partial charge on any atom is -0.465 e. The van der Waals surface area contributed by atoms with E-state index in [0.29, 0.717) is 11.3 Å². The Bertz CT molecular complexity index is 591. The molecule has 0 aliphatic rings. The summed E-state index contributed by atoms with van der Waals surface area (Å²) in [5.41, 5.74) is 9.78. The number of anilines is 1. The Morgan fingerprint density at radius 1 is 1.11 bits per heavy atom. The van der Waals surface area contributed by atoms with E-state index in [1.54, 1.807) is 12.1 Å². The Morgan fingerprint density at radius 2 is 1.83 bits per heavy atom. The van der Waals surface area contributed by atoms with Gasteiger partial charge in [0.2, 0.25) is 0 Å². The van der Waals surface area contributed by atoms with Crippen molar-refractivity contribution in [1.82, 2.24) is 0 Å². The summed E-state index contributed by atoms with van der Waals surface area (Å²) in [7, 11) is 1.35. The van der Waals surface area contributed by atoms with Gasteiger partial charge in [-0.2, -0.15) is 0 Å². The van der Waals surface area contributed by atoms with Crippen LogP contribution in [0.2, 0.25) is 0 Å². The number of aryl methyl sites for hydroxylation is 1. The van der Waals surface area contributed by atoms with Crippen LogP contribution in [0.4, 0.5) is 5.69 Å². The number of nitrogens with two attached hydrogens (primary N) is 1. The number of carbonyl (C=O) groups is 1. The van der Waals surface area contributed by atoms with Gasteiger partial charge in [0.1, 0.15) is 0 Å². The van der Waals surface area contributed by atoms with E-state index in [0.717, 1.165) is 11.1 Å². The van der Waals surface area contributed by atoms with Crippen molar-refractivity contribution in [3.8, 4) is 11.1 Å². The van der Waals surface area contributed by atoms with E-state index in [4.69, 9.17) is 10.5 Å². The van der Waals surface area contributed by atoms with Crippen LogP contribution in [0.3, 0.4) is 0 Å². The molecule has 0 aliphatic heterocycles. The van der Waals surface area contributed by atoms with Crippen LogP contribution in [0, 0.1) is 6.92 Å². The highest BCUT2D eigenvalue weighted by molar-refractivity contribution is 5.96. The highest BCUT2D eigenvalue weighted by Crippen LogP contribution is 2.24. The van der Waals surface area contributed by atoms with Gasteiger partial charge in [-0.05, 0) is 30.2 Å². The molecule has 2 aromatic carbocycles. The molecule has 3 heteroatoms. The lowest BCUT2D eigenvalue weighted by Crippen LogP contribution is -2.05. The predicted octanol–water partition coefficient (Wildman–Crippen LogP) is 3.03. The molecule has 0 unspecified atom stereocenters. The third-order valence-electron chi connectivity index (χ3n) is 2.81. The third kappa shape index (κ3) is 2.35. The standard InChI is InChI=1S/C15H15NO2/c1-10-4-3-5-11(8-10)12-6-7-14(16)13(9-12)15(17)18-2/h3-9H,16H2,1-2H3. The van der Waals surface area contributed by atoms with Crippen LogP contribution in [0.25, 0.3) is 11.1 Å². The molecular formula is C15H15NO2. The molecule has 3 nitrogen and oxygen atoms in total. The van der Waals surface area contributed by atoms with E-state index in [1.165, 1.54) is 12.7 Å². The van der Waals surface area contributed by atoms with E-state index in [9.17, 15) is 4.79 Å². The summed E-state index contributed by atoms with van der Waals surface area (Å²) >= 11 is 0. The zero-order chi connectivity index (χ0) is 13.1. The topological polar surface area (TPSA) is 52.3 Å². The number of benzene rings is 2. The maximum Gasteiger partial charge on any atom is 0.339 e. The summed E-state index contributed by atoms with van der Waals surface area (Å²) in [5.74, 6) is -0.415. The van der Waals surface area contributed by atoms with Crippen molar-refractivity contribution in [1.29, 1.82) is 0 Å². The Balaban J connectivity index is 2.50. The molecule has 2 N–H and O–H groups in total. The fourth-order valence-electron chi connectivity index (χ4n) is 1.85. The quantitative estimate of drug-likeness (QED) is 0.649. The lowest BCUT2D eigenvalue weighted by Gasteiger charge is -2.08. The summed E-state index contributed by atoms with van der Waals surface area (Å²) in [6.45, 7) is 2.03. The van der Waals surface area contributed by atoms with E-state index in [1.807, 2.05) is 31.2 Å². The van der Waals surface area contributed by atoms with Gasteiger partial charge in [0, 0.05) is 5.69 Å². The van der Waals surface area contributed by atoms with Crippen molar-refractivity contribution in [2.45, 2.75) is 6.92 Å². The van der Waals surface area contributed by atoms with Gasteiger partial charge in [-0.25, -0.2) is 4.79 Å². The first-order valence-electron chi connectivity index (χ1n) is 5.66. The molecule has 0 saturated carbocycles. The van der Waals surface area contributed by atoms with Gasteiger partial charge in [0.25, 0.3) is 0 Å². The van der Waals surface area contributed by atoms with Crippen LogP contribution >= 0.6 is 0 Å². The summed E-state index contributed by atoms with van der Waals surface area (Å²) in [6.07, 6.45) is 0. The lowest BCUT2D eigenvalue weighted by atomic mass is 10.0. The number of rotatable bonds is 2. The Morgan fingerprint density at radius 3 is 2.50 bits per heavy atom. The summed E-state index contributed by atoms with van der Waals surface area (Å²) < 4.78 is 4.71. The molecule has 0 spiro atoms. The van der Waals surface area contributed by atoms with Gasteiger partial charge < -0.3 is 10.5 Å². The number of esters is 1. The number of hydrogen-bond acceptors (Lipinski definition) is 3. The molecule has 18 heavy (non-hydrogen) atoms. The maximum atomic E-state index is 11.6. The zero-order valence-corrected chi connectivity index (χ0v) is 10.4. The van der Waals surface area contributed by atoms with Crippen molar-refractivity contribution < 1.29 is 9.53 Å². The number of nitrogen functional groups attached to an aromatic ring is 1.